The quantitative estimate of drug-likeness (QED) is 0.454. The van der Waals surface area contributed by atoms with Crippen LogP contribution in [0.1, 0.15) is 88.0 Å². The van der Waals surface area contributed by atoms with Gasteiger partial charge in [0.15, 0.2) is 0 Å². The summed E-state index contributed by atoms with van der Waals surface area (Å²) in [6, 6.07) is 18.4. The van der Waals surface area contributed by atoms with Crippen molar-refractivity contribution in [3.05, 3.63) is 70.8 Å². The van der Waals surface area contributed by atoms with Crippen LogP contribution < -0.4 is 0 Å². The van der Waals surface area contributed by atoms with Gasteiger partial charge in [-0.2, -0.15) is 0 Å². The normalized spacial score (nSPS) is 24.0. The van der Waals surface area contributed by atoms with Crippen LogP contribution in [0, 0.1) is 0 Å². The van der Waals surface area contributed by atoms with Crippen molar-refractivity contribution < 1.29 is 0 Å². The molecule has 140 valence electrons. The molecule has 0 saturated carbocycles. The van der Waals surface area contributed by atoms with Gasteiger partial charge in [0.1, 0.15) is 0 Å². The second-order valence-electron chi connectivity index (χ2n) is 9.70. The molecular formula is C24H32ClP. The first kappa shape index (κ1) is 19.9. The third kappa shape index (κ3) is 4.18. The fourth-order valence-corrected chi connectivity index (χ4v) is 7.21. The zero-order valence-corrected chi connectivity index (χ0v) is 18.7. The lowest BCUT2D eigenvalue weighted by Gasteiger charge is -2.23. The minimum Gasteiger partial charge on any atom is -0.0951 e. The van der Waals surface area contributed by atoms with Gasteiger partial charge in [0.2, 0.25) is 0 Å². The minimum absolute atomic E-state index is 0.206. The van der Waals surface area contributed by atoms with Crippen molar-refractivity contribution in [1.82, 2.24) is 0 Å². The van der Waals surface area contributed by atoms with E-state index in [1.807, 2.05) is 0 Å². The number of hydrogen-bond acceptors (Lipinski definition) is 0. The fourth-order valence-electron chi connectivity index (χ4n) is 3.81. The number of hydrogen-bond donors (Lipinski definition) is 0. The molecule has 1 saturated heterocycles. The summed E-state index contributed by atoms with van der Waals surface area (Å²) < 4.78 is 0. The number of rotatable bonds is 2. The van der Waals surface area contributed by atoms with Gasteiger partial charge < -0.3 is 0 Å². The van der Waals surface area contributed by atoms with E-state index in [-0.39, 0.29) is 10.8 Å². The molecule has 2 aromatic rings. The SMILES string of the molecule is CC(C)(C)c1ccc(C2CCC(c3ccc(C(C)(C)C)cc3)P2Cl)cc1. The molecule has 2 heteroatoms. The van der Waals surface area contributed by atoms with Crippen LogP contribution >= 0.6 is 18.5 Å². The van der Waals surface area contributed by atoms with E-state index in [0.29, 0.717) is 11.3 Å². The zero-order valence-electron chi connectivity index (χ0n) is 17.0. The second-order valence-corrected chi connectivity index (χ2v) is 12.8. The molecule has 0 N–H and O–H groups in total. The molecule has 0 radical (unpaired) electrons. The first-order valence-corrected chi connectivity index (χ1v) is 12.1. The molecule has 0 amide bonds. The molecule has 1 fully saturated rings. The second kappa shape index (κ2) is 7.29. The third-order valence-electron chi connectivity index (χ3n) is 5.63. The van der Waals surface area contributed by atoms with Crippen molar-refractivity contribution in [2.24, 2.45) is 0 Å². The van der Waals surface area contributed by atoms with E-state index in [1.165, 1.54) is 35.1 Å². The van der Waals surface area contributed by atoms with Gasteiger partial charge in [0.25, 0.3) is 0 Å². The lowest BCUT2D eigenvalue weighted by molar-refractivity contribution is 0.589. The van der Waals surface area contributed by atoms with Crippen LogP contribution in [0.5, 0.6) is 0 Å². The van der Waals surface area contributed by atoms with Crippen molar-refractivity contribution in [2.75, 3.05) is 0 Å². The Bertz CT molecular complexity index is 666. The van der Waals surface area contributed by atoms with Crippen molar-refractivity contribution in [3.8, 4) is 0 Å². The van der Waals surface area contributed by atoms with Gasteiger partial charge in [-0.1, -0.05) is 101 Å². The van der Waals surface area contributed by atoms with E-state index in [2.05, 4.69) is 90.1 Å². The Labute approximate surface area is 165 Å². The molecule has 1 aliphatic heterocycles. The van der Waals surface area contributed by atoms with E-state index >= 15 is 0 Å². The topological polar surface area (TPSA) is 0 Å². The average molecular weight is 387 g/mol. The Kier molecular flexibility index (Phi) is 5.58. The molecular weight excluding hydrogens is 355 g/mol. The van der Waals surface area contributed by atoms with E-state index in [4.69, 9.17) is 11.2 Å². The maximum atomic E-state index is 7.04. The molecule has 2 aromatic carbocycles. The van der Waals surface area contributed by atoms with Crippen LogP contribution in [0.4, 0.5) is 0 Å². The first-order valence-electron chi connectivity index (χ1n) is 9.72. The molecule has 0 aliphatic carbocycles. The molecule has 1 heterocycles. The molecule has 26 heavy (non-hydrogen) atoms. The van der Waals surface area contributed by atoms with Crippen LogP contribution in [0.15, 0.2) is 48.5 Å². The summed E-state index contributed by atoms with van der Waals surface area (Å²) >= 11 is 7.04. The Hall–Kier alpha value is -0.840. The maximum absolute atomic E-state index is 7.04. The summed E-state index contributed by atoms with van der Waals surface area (Å²) in [5.41, 5.74) is 7.09. The van der Waals surface area contributed by atoms with Gasteiger partial charge >= 0.3 is 0 Å². The lowest BCUT2D eigenvalue weighted by atomic mass is 9.86. The van der Waals surface area contributed by atoms with Crippen LogP contribution in [0.3, 0.4) is 0 Å². The highest BCUT2D eigenvalue weighted by molar-refractivity contribution is 7.84. The summed E-state index contributed by atoms with van der Waals surface area (Å²) in [6.07, 6.45) is 2.41. The fraction of sp³-hybridized carbons (Fsp3) is 0.500. The first-order chi connectivity index (χ1) is 12.1. The number of benzene rings is 2. The monoisotopic (exact) mass is 386 g/mol. The summed E-state index contributed by atoms with van der Waals surface area (Å²) in [7, 11) is -0.548. The zero-order chi connectivity index (χ0) is 19.1. The predicted molar refractivity (Wildman–Crippen MR) is 118 cm³/mol. The highest BCUT2D eigenvalue weighted by Crippen LogP contribution is 2.73. The summed E-state index contributed by atoms with van der Waals surface area (Å²) in [5, 5.41) is 0. The highest BCUT2D eigenvalue weighted by atomic mass is 35.7. The predicted octanol–water partition coefficient (Wildman–Crippen LogP) is 8.49. The van der Waals surface area contributed by atoms with E-state index < -0.39 is 7.27 Å². The molecule has 0 aromatic heterocycles. The molecule has 1 aliphatic rings. The summed E-state index contributed by atoms with van der Waals surface area (Å²) in [4.78, 5) is 0. The van der Waals surface area contributed by atoms with Gasteiger partial charge in [-0.25, -0.2) is 0 Å². The van der Waals surface area contributed by atoms with Crippen molar-refractivity contribution in [2.45, 2.75) is 76.5 Å². The Morgan fingerprint density at radius 3 is 1.23 bits per heavy atom. The van der Waals surface area contributed by atoms with Crippen LogP contribution in [0.25, 0.3) is 0 Å². The van der Waals surface area contributed by atoms with Gasteiger partial charge in [0.05, 0.1) is 0 Å². The summed E-state index contributed by atoms with van der Waals surface area (Å²) in [6.45, 7) is 13.6. The van der Waals surface area contributed by atoms with Crippen molar-refractivity contribution in [3.63, 3.8) is 0 Å². The largest absolute Gasteiger partial charge is 0.0951 e. The van der Waals surface area contributed by atoms with Crippen LogP contribution in [0.2, 0.25) is 0 Å². The van der Waals surface area contributed by atoms with Gasteiger partial charge in [-0.15, -0.1) is 0 Å². The molecule has 3 rings (SSSR count). The molecule has 2 unspecified atom stereocenters. The van der Waals surface area contributed by atoms with Crippen LogP contribution in [-0.2, 0) is 10.8 Å². The Morgan fingerprint density at radius 1 is 0.654 bits per heavy atom. The molecule has 2 atom stereocenters. The van der Waals surface area contributed by atoms with E-state index in [0.717, 1.165) is 0 Å². The van der Waals surface area contributed by atoms with Crippen molar-refractivity contribution >= 4 is 18.5 Å². The summed E-state index contributed by atoms with van der Waals surface area (Å²) in [5.74, 6) is 0. The maximum Gasteiger partial charge on any atom is 0.0186 e. The van der Waals surface area contributed by atoms with E-state index in [9.17, 15) is 0 Å². The lowest BCUT2D eigenvalue weighted by Crippen LogP contribution is -2.10. The van der Waals surface area contributed by atoms with Crippen LogP contribution in [-0.4, -0.2) is 0 Å². The highest BCUT2D eigenvalue weighted by Gasteiger charge is 2.36. The van der Waals surface area contributed by atoms with Crippen molar-refractivity contribution in [1.29, 1.82) is 0 Å². The number of halogens is 1. The molecule has 0 nitrogen and oxygen atoms in total. The van der Waals surface area contributed by atoms with Gasteiger partial charge in [-0.05, 0) is 45.9 Å². The van der Waals surface area contributed by atoms with Gasteiger partial charge in [0, 0.05) is 18.6 Å². The van der Waals surface area contributed by atoms with E-state index in [1.54, 1.807) is 0 Å². The minimum atomic E-state index is -0.548. The Balaban J connectivity index is 1.76. The third-order valence-corrected chi connectivity index (χ3v) is 9.35. The molecule has 0 bridgehead atoms. The Morgan fingerprint density at radius 2 is 0.962 bits per heavy atom. The average Bonchev–Trinajstić information content (AvgIpc) is 2.95. The standard InChI is InChI=1S/C24H32ClP/c1-23(2,3)19-11-7-17(8-12-19)21-15-16-22(26(21)25)18-9-13-20(14-10-18)24(4,5)6/h7-14,21-22H,15-16H2,1-6H3. The smallest absolute Gasteiger partial charge is 0.0186 e. The molecule has 0 spiro atoms. The van der Waals surface area contributed by atoms with Gasteiger partial charge in [-0.3, -0.25) is 0 Å².